The number of hydrogen-bond acceptors (Lipinski definition) is 0. The van der Waals surface area contributed by atoms with Gasteiger partial charge in [-0.25, -0.2) is 0 Å². The topological polar surface area (TPSA) is 63.0 Å². The molecule has 0 fully saturated rings. The number of benzene rings is 2. The maximum absolute atomic E-state index is 2.33. The molecule has 0 saturated carbocycles. The van der Waals surface area contributed by atoms with Gasteiger partial charge in [0.2, 0.25) is 0 Å². The molecule has 0 aliphatic heterocycles. The van der Waals surface area contributed by atoms with E-state index in [-0.39, 0.29) is 44.9 Å². The van der Waals surface area contributed by atoms with E-state index in [0.717, 1.165) is 22.1 Å². The average Bonchev–Trinajstić information content (AvgIpc) is 2.47. The molecular weight excluding hydrogens is 460 g/mol. The summed E-state index contributed by atoms with van der Waals surface area (Å²) in [5, 5.41) is 0. The first-order valence-electron chi connectivity index (χ1n) is 8.08. The number of hydrogen-bond donors (Lipinski definition) is 0. The minimum Gasteiger partial charge on any atom is -1.00 e. The SMILES string of the molecule is C[N+](C)(CC[N+](C)(C)Cc1ccccc1)Cc1ccccc1.O.O.[Br-].[Br-]. The van der Waals surface area contributed by atoms with Gasteiger partial charge >= 0.3 is 0 Å². The zero-order chi connectivity index (χ0) is 16.1. The van der Waals surface area contributed by atoms with E-state index < -0.39 is 0 Å². The first-order valence-corrected chi connectivity index (χ1v) is 8.08. The van der Waals surface area contributed by atoms with Gasteiger partial charge in [0.1, 0.15) is 26.2 Å². The zero-order valence-corrected chi connectivity index (χ0v) is 19.4. The first kappa shape index (κ1) is 30.0. The molecule has 4 N–H and O–H groups in total. The fourth-order valence-corrected chi connectivity index (χ4v) is 2.85. The van der Waals surface area contributed by atoms with E-state index in [2.05, 4.69) is 88.9 Å². The van der Waals surface area contributed by atoms with Gasteiger partial charge in [0.15, 0.2) is 0 Å². The molecule has 2 rings (SSSR count). The summed E-state index contributed by atoms with van der Waals surface area (Å²) in [6.45, 7) is 4.53. The van der Waals surface area contributed by atoms with Crippen molar-refractivity contribution in [1.82, 2.24) is 0 Å². The monoisotopic (exact) mass is 492 g/mol. The second kappa shape index (κ2) is 13.4. The average molecular weight is 494 g/mol. The van der Waals surface area contributed by atoms with Crippen LogP contribution in [0.3, 0.4) is 0 Å². The fourth-order valence-electron chi connectivity index (χ4n) is 2.85. The van der Waals surface area contributed by atoms with E-state index in [9.17, 15) is 0 Å². The molecule has 0 atom stereocenters. The minimum absolute atomic E-state index is 0. The Morgan fingerprint density at radius 2 is 0.808 bits per heavy atom. The van der Waals surface area contributed by atoms with Crippen molar-refractivity contribution in [3.63, 3.8) is 0 Å². The highest BCUT2D eigenvalue weighted by molar-refractivity contribution is 5.14. The Labute approximate surface area is 179 Å². The van der Waals surface area contributed by atoms with Crippen LogP contribution in [0, 0.1) is 0 Å². The quantitative estimate of drug-likeness (QED) is 0.352. The third-order valence-electron chi connectivity index (χ3n) is 4.22. The molecule has 4 nitrogen and oxygen atoms in total. The van der Waals surface area contributed by atoms with Crippen LogP contribution in [0.5, 0.6) is 0 Å². The predicted molar refractivity (Wildman–Crippen MR) is 101 cm³/mol. The third kappa shape index (κ3) is 11.1. The van der Waals surface area contributed by atoms with Gasteiger partial charge in [0, 0.05) is 11.1 Å². The van der Waals surface area contributed by atoms with Crippen molar-refractivity contribution in [2.24, 2.45) is 0 Å². The van der Waals surface area contributed by atoms with Crippen LogP contribution in [0.2, 0.25) is 0 Å². The lowest BCUT2D eigenvalue weighted by Crippen LogP contribution is -3.00. The maximum atomic E-state index is 2.33. The third-order valence-corrected chi connectivity index (χ3v) is 4.22. The van der Waals surface area contributed by atoms with Crippen LogP contribution < -0.4 is 34.0 Å². The molecule has 0 heterocycles. The van der Waals surface area contributed by atoms with E-state index in [4.69, 9.17) is 0 Å². The molecular formula is C20H34Br2N2O2. The van der Waals surface area contributed by atoms with Crippen molar-refractivity contribution in [2.45, 2.75) is 13.1 Å². The lowest BCUT2D eigenvalue weighted by molar-refractivity contribution is -0.958. The normalized spacial score (nSPS) is 10.5. The van der Waals surface area contributed by atoms with Crippen molar-refractivity contribution < 1.29 is 53.9 Å². The Bertz CT molecular complexity index is 525. The summed E-state index contributed by atoms with van der Waals surface area (Å²) in [5.74, 6) is 0. The smallest absolute Gasteiger partial charge is 0.128 e. The molecule has 0 saturated heterocycles. The van der Waals surface area contributed by atoms with Gasteiger partial charge < -0.3 is 53.9 Å². The first-order chi connectivity index (χ1) is 10.4. The molecule has 0 aliphatic carbocycles. The standard InChI is InChI=1S/C20H30N2.2BrH.2H2O/c1-21(2,17-19-11-7-5-8-12-19)15-16-22(3,4)18-20-13-9-6-10-14-20;;;;/h5-14H,15-18H2,1-4H3;2*1H;2*1H2/q+2;;;;/p-2. The fraction of sp³-hybridized carbons (Fsp3) is 0.400. The maximum Gasteiger partial charge on any atom is 0.128 e. The summed E-state index contributed by atoms with van der Waals surface area (Å²) in [4.78, 5) is 0. The van der Waals surface area contributed by atoms with E-state index in [1.165, 1.54) is 24.2 Å². The summed E-state index contributed by atoms with van der Waals surface area (Å²) in [6.07, 6.45) is 0. The highest BCUT2D eigenvalue weighted by Crippen LogP contribution is 2.13. The van der Waals surface area contributed by atoms with Crippen molar-refractivity contribution in [2.75, 3.05) is 41.3 Å². The number of quaternary nitrogens is 2. The Kier molecular flexibility index (Phi) is 15.5. The molecule has 26 heavy (non-hydrogen) atoms. The van der Waals surface area contributed by atoms with Gasteiger partial charge in [0.05, 0.1) is 28.2 Å². The second-order valence-electron chi connectivity index (χ2n) is 7.61. The summed E-state index contributed by atoms with van der Waals surface area (Å²) < 4.78 is 2.06. The minimum atomic E-state index is 0. The van der Waals surface area contributed by atoms with Crippen LogP contribution >= 0.6 is 0 Å². The lowest BCUT2D eigenvalue weighted by atomic mass is 10.2. The van der Waals surface area contributed by atoms with E-state index >= 15 is 0 Å². The van der Waals surface area contributed by atoms with Crippen molar-refractivity contribution in [3.8, 4) is 0 Å². The van der Waals surface area contributed by atoms with Gasteiger partial charge in [-0.15, -0.1) is 0 Å². The second-order valence-corrected chi connectivity index (χ2v) is 7.61. The largest absolute Gasteiger partial charge is 1.00 e. The van der Waals surface area contributed by atoms with Crippen LogP contribution in [0.4, 0.5) is 0 Å². The van der Waals surface area contributed by atoms with Gasteiger partial charge in [-0.05, 0) is 0 Å². The van der Waals surface area contributed by atoms with Crippen LogP contribution in [0.1, 0.15) is 11.1 Å². The van der Waals surface area contributed by atoms with E-state index in [1.54, 1.807) is 0 Å². The molecule has 150 valence electrons. The molecule has 0 radical (unpaired) electrons. The zero-order valence-electron chi connectivity index (χ0n) is 16.3. The Morgan fingerprint density at radius 3 is 1.08 bits per heavy atom. The molecule has 0 spiro atoms. The van der Waals surface area contributed by atoms with E-state index in [1.807, 2.05) is 0 Å². The molecule has 0 amide bonds. The highest BCUT2D eigenvalue weighted by atomic mass is 79.9. The Balaban J connectivity index is -0.00000132. The highest BCUT2D eigenvalue weighted by Gasteiger charge is 2.23. The summed E-state index contributed by atoms with van der Waals surface area (Å²) >= 11 is 0. The van der Waals surface area contributed by atoms with Crippen LogP contribution in [0.15, 0.2) is 60.7 Å². The number of nitrogens with zero attached hydrogens (tertiary/aromatic N) is 2. The van der Waals surface area contributed by atoms with Crippen molar-refractivity contribution in [3.05, 3.63) is 71.8 Å². The Hall–Kier alpha value is -0.760. The molecule has 2 aromatic carbocycles. The summed E-state index contributed by atoms with van der Waals surface area (Å²) in [5.41, 5.74) is 2.83. The van der Waals surface area contributed by atoms with Crippen LogP contribution in [0.25, 0.3) is 0 Å². The molecule has 0 unspecified atom stereocenters. The van der Waals surface area contributed by atoms with E-state index in [0.29, 0.717) is 0 Å². The molecule has 0 bridgehead atoms. The summed E-state index contributed by atoms with van der Waals surface area (Å²) in [6, 6.07) is 21.6. The Morgan fingerprint density at radius 1 is 0.538 bits per heavy atom. The molecule has 0 aromatic heterocycles. The predicted octanol–water partition coefficient (Wildman–Crippen LogP) is -4.10. The van der Waals surface area contributed by atoms with Gasteiger partial charge in [-0.2, -0.15) is 0 Å². The van der Waals surface area contributed by atoms with Gasteiger partial charge in [-0.3, -0.25) is 0 Å². The lowest BCUT2D eigenvalue weighted by Gasteiger charge is -2.35. The molecule has 6 heteroatoms. The number of rotatable bonds is 7. The number of likely N-dealkylation sites (N-methyl/N-ethyl adjacent to an activating group) is 2. The van der Waals surface area contributed by atoms with Crippen molar-refractivity contribution in [1.29, 1.82) is 0 Å². The molecule has 0 aliphatic rings. The van der Waals surface area contributed by atoms with Gasteiger partial charge in [-0.1, -0.05) is 60.7 Å². The summed E-state index contributed by atoms with van der Waals surface area (Å²) in [7, 11) is 9.32. The van der Waals surface area contributed by atoms with Gasteiger partial charge in [0.25, 0.3) is 0 Å². The number of halogens is 2. The van der Waals surface area contributed by atoms with Crippen molar-refractivity contribution >= 4 is 0 Å². The van der Waals surface area contributed by atoms with Crippen LogP contribution in [-0.4, -0.2) is 61.2 Å². The van der Waals surface area contributed by atoms with Crippen LogP contribution in [-0.2, 0) is 13.1 Å². The molecule has 2 aromatic rings.